The topological polar surface area (TPSA) is 78.3 Å². The highest BCUT2D eigenvalue weighted by Gasteiger charge is 2.30. The van der Waals surface area contributed by atoms with Gasteiger partial charge < -0.3 is 14.8 Å². The lowest BCUT2D eigenvalue weighted by molar-refractivity contribution is -0.137. The minimum absolute atomic E-state index is 0.0969. The fourth-order valence-corrected chi connectivity index (χ4v) is 3.84. The van der Waals surface area contributed by atoms with Crippen molar-refractivity contribution < 1.29 is 22.6 Å². The van der Waals surface area contributed by atoms with Crippen molar-refractivity contribution in [2.24, 2.45) is 0 Å². The van der Waals surface area contributed by atoms with E-state index >= 15 is 0 Å². The summed E-state index contributed by atoms with van der Waals surface area (Å²) in [6.45, 7) is 2.09. The van der Waals surface area contributed by atoms with E-state index in [1.165, 1.54) is 28.5 Å². The molecule has 3 aromatic rings. The van der Waals surface area contributed by atoms with Gasteiger partial charge in [0.2, 0.25) is 5.82 Å². The van der Waals surface area contributed by atoms with Crippen molar-refractivity contribution in [3.8, 4) is 11.5 Å². The highest BCUT2D eigenvalue weighted by molar-refractivity contribution is 7.98. The normalized spacial score (nSPS) is 11.3. The van der Waals surface area contributed by atoms with E-state index in [0.29, 0.717) is 29.0 Å². The second kappa shape index (κ2) is 9.94. The van der Waals surface area contributed by atoms with E-state index in [-0.39, 0.29) is 11.5 Å². The van der Waals surface area contributed by atoms with Crippen molar-refractivity contribution in [1.29, 1.82) is 0 Å². The summed E-state index contributed by atoms with van der Waals surface area (Å²) < 4.78 is 50.7. The lowest BCUT2D eigenvalue weighted by Gasteiger charge is -2.13. The third-order valence-electron chi connectivity index (χ3n) is 4.50. The number of ether oxygens (including phenoxy) is 2. The molecule has 170 valence electrons. The predicted octanol–water partition coefficient (Wildman–Crippen LogP) is 4.73. The number of halogens is 3. The van der Waals surface area contributed by atoms with Gasteiger partial charge in [-0.15, -0.1) is 10.2 Å². The Morgan fingerprint density at radius 1 is 1.06 bits per heavy atom. The Kier molecular flexibility index (Phi) is 7.29. The van der Waals surface area contributed by atoms with Gasteiger partial charge in [0.25, 0.3) is 5.56 Å². The van der Waals surface area contributed by atoms with Gasteiger partial charge in [-0.05, 0) is 42.8 Å². The summed E-state index contributed by atoms with van der Waals surface area (Å²) in [6.07, 6.45) is -4.49. The van der Waals surface area contributed by atoms with Crippen LogP contribution in [0, 0.1) is 0 Å². The number of nitrogens with zero attached hydrogens (tertiary/aromatic N) is 3. The Balaban J connectivity index is 1.81. The van der Waals surface area contributed by atoms with Crippen LogP contribution in [0.25, 0.3) is 0 Å². The summed E-state index contributed by atoms with van der Waals surface area (Å²) in [4.78, 5) is 12.8. The molecule has 0 aliphatic heterocycles. The quantitative estimate of drug-likeness (QED) is 0.481. The molecule has 0 amide bonds. The van der Waals surface area contributed by atoms with E-state index in [2.05, 4.69) is 15.5 Å². The maximum Gasteiger partial charge on any atom is 0.416 e. The van der Waals surface area contributed by atoms with Gasteiger partial charge in [-0.1, -0.05) is 23.9 Å². The summed E-state index contributed by atoms with van der Waals surface area (Å²) in [6, 6.07) is 10.0. The smallest absolute Gasteiger partial charge is 0.416 e. The fraction of sp³-hybridized carbons (Fsp3) is 0.286. The van der Waals surface area contributed by atoms with Gasteiger partial charge in [0.1, 0.15) is 0 Å². The first-order valence-corrected chi connectivity index (χ1v) is 10.5. The van der Waals surface area contributed by atoms with Crippen LogP contribution in [0.2, 0.25) is 0 Å². The molecule has 0 aliphatic carbocycles. The van der Waals surface area contributed by atoms with Crippen molar-refractivity contribution in [1.82, 2.24) is 14.8 Å². The number of nitrogens with one attached hydrogen (secondary N) is 1. The third kappa shape index (κ3) is 5.34. The van der Waals surface area contributed by atoms with E-state index < -0.39 is 17.3 Å². The molecular weight excluding hydrogens is 445 g/mol. The number of thioether (sulfide) groups is 1. The molecule has 0 saturated carbocycles. The van der Waals surface area contributed by atoms with Gasteiger partial charge in [0.15, 0.2) is 16.7 Å². The van der Waals surface area contributed by atoms with Crippen molar-refractivity contribution in [3.05, 3.63) is 63.9 Å². The molecule has 1 aromatic heterocycles. The van der Waals surface area contributed by atoms with E-state index in [9.17, 15) is 18.0 Å². The van der Waals surface area contributed by atoms with Gasteiger partial charge in [-0.2, -0.15) is 13.2 Å². The number of hydrogen-bond acceptors (Lipinski definition) is 7. The lowest BCUT2D eigenvalue weighted by Crippen LogP contribution is -2.26. The Morgan fingerprint density at radius 3 is 2.47 bits per heavy atom. The van der Waals surface area contributed by atoms with E-state index in [0.717, 1.165) is 17.7 Å². The largest absolute Gasteiger partial charge is 0.493 e. The molecule has 3 rings (SSSR count). The van der Waals surface area contributed by atoms with E-state index in [1.54, 1.807) is 27.2 Å². The zero-order valence-corrected chi connectivity index (χ0v) is 18.4. The monoisotopic (exact) mass is 466 g/mol. The first kappa shape index (κ1) is 23.5. The van der Waals surface area contributed by atoms with Crippen molar-refractivity contribution in [3.63, 3.8) is 0 Å². The van der Waals surface area contributed by atoms with Crippen LogP contribution in [0.1, 0.15) is 18.1 Å². The maximum absolute atomic E-state index is 12.9. The van der Waals surface area contributed by atoms with Gasteiger partial charge >= 0.3 is 6.18 Å². The molecule has 2 aromatic carbocycles. The zero-order valence-electron chi connectivity index (χ0n) is 17.6. The molecule has 1 heterocycles. The molecule has 32 heavy (non-hydrogen) atoms. The molecule has 0 aliphatic rings. The maximum atomic E-state index is 12.9. The molecular formula is C21H21F3N4O3S. The average molecular weight is 466 g/mol. The Labute approximate surface area is 186 Å². The Morgan fingerprint density at radius 2 is 1.81 bits per heavy atom. The van der Waals surface area contributed by atoms with Crippen LogP contribution in [0.15, 0.2) is 52.4 Å². The number of benzene rings is 2. The summed E-state index contributed by atoms with van der Waals surface area (Å²) in [5.41, 5.74) is -0.279. The van der Waals surface area contributed by atoms with Crippen molar-refractivity contribution in [2.75, 3.05) is 19.5 Å². The minimum atomic E-state index is -4.49. The molecule has 0 unspecified atom stereocenters. The Hall–Kier alpha value is -3.21. The minimum Gasteiger partial charge on any atom is -0.493 e. The van der Waals surface area contributed by atoms with Crippen LogP contribution in [-0.4, -0.2) is 29.0 Å². The second-order valence-electron chi connectivity index (χ2n) is 6.56. The highest BCUT2D eigenvalue weighted by atomic mass is 32.2. The predicted molar refractivity (Wildman–Crippen MR) is 116 cm³/mol. The summed E-state index contributed by atoms with van der Waals surface area (Å²) in [5.74, 6) is 1.54. The lowest BCUT2D eigenvalue weighted by atomic mass is 10.2. The molecule has 0 spiro atoms. The van der Waals surface area contributed by atoms with Gasteiger partial charge in [-0.25, -0.2) is 0 Å². The number of methoxy groups -OCH3 is 2. The number of anilines is 2. The standard InChI is InChI=1S/C21H21F3N4O3S/c1-4-28-19(29)18(25-15-7-5-6-14(11-15)21(22,23)24)26-27-20(28)32-12-13-8-9-16(30-2)17(10-13)31-3/h5-11H,4,12H2,1-3H3,(H,25,26). The summed E-state index contributed by atoms with van der Waals surface area (Å²) in [7, 11) is 3.10. The highest BCUT2D eigenvalue weighted by Crippen LogP contribution is 2.32. The molecule has 0 atom stereocenters. The number of alkyl halides is 3. The van der Waals surface area contributed by atoms with Crippen LogP contribution < -0.4 is 20.3 Å². The summed E-state index contributed by atoms with van der Waals surface area (Å²) in [5, 5.41) is 11.0. The molecule has 0 radical (unpaired) electrons. The molecule has 0 bridgehead atoms. The third-order valence-corrected chi connectivity index (χ3v) is 5.54. The van der Waals surface area contributed by atoms with Crippen LogP contribution in [0.3, 0.4) is 0 Å². The van der Waals surface area contributed by atoms with Crippen molar-refractivity contribution in [2.45, 2.75) is 30.6 Å². The van der Waals surface area contributed by atoms with Gasteiger partial charge in [-0.3, -0.25) is 9.36 Å². The van der Waals surface area contributed by atoms with E-state index in [4.69, 9.17) is 9.47 Å². The van der Waals surface area contributed by atoms with Gasteiger partial charge in [0, 0.05) is 18.0 Å². The Bertz CT molecular complexity index is 1150. The van der Waals surface area contributed by atoms with Crippen LogP contribution in [0.4, 0.5) is 24.7 Å². The van der Waals surface area contributed by atoms with E-state index in [1.807, 2.05) is 12.1 Å². The average Bonchev–Trinajstić information content (AvgIpc) is 2.78. The van der Waals surface area contributed by atoms with Crippen LogP contribution in [-0.2, 0) is 18.5 Å². The fourth-order valence-electron chi connectivity index (χ4n) is 2.90. The number of rotatable bonds is 8. The van der Waals surface area contributed by atoms with Crippen molar-refractivity contribution >= 4 is 23.3 Å². The van der Waals surface area contributed by atoms with Gasteiger partial charge in [0.05, 0.1) is 19.8 Å². The van der Waals surface area contributed by atoms with Crippen LogP contribution >= 0.6 is 11.8 Å². The molecule has 0 saturated heterocycles. The molecule has 1 N–H and O–H groups in total. The number of aromatic nitrogens is 3. The molecule has 7 nitrogen and oxygen atoms in total. The second-order valence-corrected chi connectivity index (χ2v) is 7.50. The molecule has 11 heteroatoms. The van der Waals surface area contributed by atoms with Crippen LogP contribution in [0.5, 0.6) is 11.5 Å². The number of hydrogen-bond donors (Lipinski definition) is 1. The SMILES string of the molecule is CCn1c(SCc2ccc(OC)c(OC)c2)nnc(Nc2cccc(C(F)(F)F)c2)c1=O. The zero-order chi connectivity index (χ0) is 23.3. The first-order valence-electron chi connectivity index (χ1n) is 9.52. The first-order chi connectivity index (χ1) is 15.3. The summed E-state index contributed by atoms with van der Waals surface area (Å²) >= 11 is 1.31. The molecule has 0 fully saturated rings.